The number of rotatable bonds is 5. The van der Waals surface area contributed by atoms with E-state index in [0.29, 0.717) is 5.69 Å². The van der Waals surface area contributed by atoms with Crippen molar-refractivity contribution in [1.82, 2.24) is 4.90 Å². The maximum Gasteiger partial charge on any atom is 0.243 e. The molecule has 1 fully saturated rings. The summed E-state index contributed by atoms with van der Waals surface area (Å²) in [4.78, 5) is 14.3. The van der Waals surface area contributed by atoms with E-state index in [1.807, 2.05) is 26.0 Å². The molecule has 1 aliphatic carbocycles. The highest BCUT2D eigenvalue weighted by molar-refractivity contribution is 7.92. The van der Waals surface area contributed by atoms with Gasteiger partial charge in [-0.1, -0.05) is 25.0 Å². The van der Waals surface area contributed by atoms with Gasteiger partial charge >= 0.3 is 0 Å². The van der Waals surface area contributed by atoms with Gasteiger partial charge in [-0.05, 0) is 43.9 Å². The molecule has 0 aromatic heterocycles. The van der Waals surface area contributed by atoms with Crippen molar-refractivity contribution in [2.24, 2.45) is 0 Å². The number of carbonyl (C=O) groups excluding carboxylic acids is 1. The number of likely N-dealkylation sites (N-methyl/N-ethyl adjacent to an activating group) is 1. The Morgan fingerprint density at radius 3 is 2.39 bits per heavy atom. The Kier molecular flexibility index (Phi) is 5.34. The first kappa shape index (κ1) is 17.8. The zero-order chi connectivity index (χ0) is 17.2. The monoisotopic (exact) mass is 338 g/mol. The molecule has 0 atom stereocenters. The van der Waals surface area contributed by atoms with Gasteiger partial charge in [-0.3, -0.25) is 9.10 Å². The van der Waals surface area contributed by atoms with Gasteiger partial charge in [0.25, 0.3) is 0 Å². The predicted octanol–water partition coefficient (Wildman–Crippen LogP) is 2.47. The highest BCUT2D eigenvalue weighted by Crippen LogP contribution is 2.26. The summed E-state index contributed by atoms with van der Waals surface area (Å²) in [7, 11) is -1.74. The summed E-state index contributed by atoms with van der Waals surface area (Å²) in [5.41, 5.74) is 2.47. The normalized spacial score (nSPS) is 15.7. The molecule has 23 heavy (non-hydrogen) atoms. The molecule has 5 nitrogen and oxygen atoms in total. The first-order chi connectivity index (χ1) is 10.7. The number of sulfonamides is 1. The zero-order valence-electron chi connectivity index (χ0n) is 14.4. The fraction of sp³-hybridized carbons (Fsp3) is 0.588. The third-order valence-electron chi connectivity index (χ3n) is 4.79. The Labute approximate surface area is 139 Å². The number of amides is 1. The second kappa shape index (κ2) is 6.91. The van der Waals surface area contributed by atoms with Gasteiger partial charge in [0.15, 0.2) is 0 Å². The van der Waals surface area contributed by atoms with Crippen LogP contribution in [0.25, 0.3) is 0 Å². The van der Waals surface area contributed by atoms with Crippen molar-refractivity contribution >= 4 is 21.6 Å². The standard InChI is InChI=1S/C17H26N2O3S/c1-13-8-7-11-16(14(13)2)19(23(4,21)22)12-17(20)18(3)15-9-5-6-10-15/h7-8,11,15H,5-6,9-10,12H2,1-4H3. The van der Waals surface area contributed by atoms with Gasteiger partial charge in [-0.15, -0.1) is 0 Å². The smallest absolute Gasteiger partial charge is 0.243 e. The third-order valence-corrected chi connectivity index (χ3v) is 5.92. The van der Waals surface area contributed by atoms with E-state index in [1.54, 1.807) is 18.0 Å². The topological polar surface area (TPSA) is 57.7 Å². The van der Waals surface area contributed by atoms with Crippen LogP contribution in [0.4, 0.5) is 5.69 Å². The number of aryl methyl sites for hydroxylation is 1. The molecule has 0 radical (unpaired) electrons. The van der Waals surface area contributed by atoms with Crippen molar-refractivity contribution in [2.75, 3.05) is 24.2 Å². The fourth-order valence-electron chi connectivity index (χ4n) is 3.12. The molecule has 0 N–H and O–H groups in total. The molecule has 6 heteroatoms. The lowest BCUT2D eigenvalue weighted by molar-refractivity contribution is -0.130. The van der Waals surface area contributed by atoms with E-state index in [9.17, 15) is 13.2 Å². The first-order valence-corrected chi connectivity index (χ1v) is 9.86. The molecule has 1 aromatic carbocycles. The number of nitrogens with zero attached hydrogens (tertiary/aromatic N) is 2. The molecule has 2 rings (SSSR count). The van der Waals surface area contributed by atoms with E-state index in [4.69, 9.17) is 0 Å². The third kappa shape index (κ3) is 4.05. The maximum atomic E-state index is 12.6. The highest BCUT2D eigenvalue weighted by Gasteiger charge is 2.28. The summed E-state index contributed by atoms with van der Waals surface area (Å²) in [6, 6.07) is 5.75. The average Bonchev–Trinajstić information content (AvgIpc) is 3.00. The maximum absolute atomic E-state index is 12.6. The lowest BCUT2D eigenvalue weighted by Crippen LogP contribution is -2.44. The van der Waals surface area contributed by atoms with Crippen LogP contribution in [-0.2, 0) is 14.8 Å². The van der Waals surface area contributed by atoms with Gasteiger partial charge < -0.3 is 4.90 Å². The lowest BCUT2D eigenvalue weighted by atomic mass is 10.1. The average molecular weight is 338 g/mol. The minimum atomic E-state index is -3.52. The van der Waals surface area contributed by atoms with Gasteiger partial charge in [0, 0.05) is 13.1 Å². The van der Waals surface area contributed by atoms with Crippen molar-refractivity contribution in [3.8, 4) is 0 Å². The Bertz CT molecular complexity index is 679. The Morgan fingerprint density at radius 2 is 1.83 bits per heavy atom. The van der Waals surface area contributed by atoms with Gasteiger partial charge in [-0.2, -0.15) is 0 Å². The van der Waals surface area contributed by atoms with Gasteiger partial charge in [-0.25, -0.2) is 8.42 Å². The molecular formula is C17H26N2O3S. The molecular weight excluding hydrogens is 312 g/mol. The fourth-order valence-corrected chi connectivity index (χ4v) is 4.02. The molecule has 128 valence electrons. The number of hydrogen-bond donors (Lipinski definition) is 0. The lowest BCUT2D eigenvalue weighted by Gasteiger charge is -2.29. The van der Waals surface area contributed by atoms with Gasteiger partial charge in [0.05, 0.1) is 11.9 Å². The highest BCUT2D eigenvalue weighted by atomic mass is 32.2. The molecule has 0 spiro atoms. The number of carbonyl (C=O) groups is 1. The molecule has 1 aromatic rings. The summed E-state index contributed by atoms with van der Waals surface area (Å²) in [5.74, 6) is -0.150. The quantitative estimate of drug-likeness (QED) is 0.829. The van der Waals surface area contributed by atoms with Crippen molar-refractivity contribution in [2.45, 2.75) is 45.6 Å². The van der Waals surface area contributed by atoms with E-state index in [2.05, 4.69) is 0 Å². The van der Waals surface area contributed by atoms with E-state index in [1.165, 1.54) is 4.31 Å². The number of benzene rings is 1. The minimum Gasteiger partial charge on any atom is -0.341 e. The molecule has 0 aliphatic heterocycles. The summed E-state index contributed by atoms with van der Waals surface area (Å²) in [5, 5.41) is 0. The van der Waals surface area contributed by atoms with E-state index >= 15 is 0 Å². The van der Waals surface area contributed by atoms with Crippen LogP contribution in [0.3, 0.4) is 0 Å². The zero-order valence-corrected chi connectivity index (χ0v) is 15.2. The van der Waals surface area contributed by atoms with Gasteiger partial charge in [0.1, 0.15) is 6.54 Å². The summed E-state index contributed by atoms with van der Waals surface area (Å²) in [6.45, 7) is 3.68. The Balaban J connectivity index is 2.26. The van der Waals surface area contributed by atoms with Crippen LogP contribution in [0.5, 0.6) is 0 Å². The van der Waals surface area contributed by atoms with Crippen LogP contribution in [0, 0.1) is 13.8 Å². The van der Waals surface area contributed by atoms with Crippen molar-refractivity contribution in [1.29, 1.82) is 0 Å². The second-order valence-electron chi connectivity index (χ2n) is 6.43. The molecule has 1 amide bonds. The van der Waals surface area contributed by atoms with E-state index < -0.39 is 10.0 Å². The molecule has 0 heterocycles. The van der Waals surface area contributed by atoms with Gasteiger partial charge in [0.2, 0.25) is 15.9 Å². The van der Waals surface area contributed by atoms with Crippen LogP contribution in [0.1, 0.15) is 36.8 Å². The minimum absolute atomic E-state index is 0.143. The van der Waals surface area contributed by atoms with Crippen molar-refractivity contribution in [3.05, 3.63) is 29.3 Å². The van der Waals surface area contributed by atoms with Crippen LogP contribution in [0.15, 0.2) is 18.2 Å². The molecule has 0 bridgehead atoms. The second-order valence-corrected chi connectivity index (χ2v) is 8.34. The predicted molar refractivity (Wildman–Crippen MR) is 93.1 cm³/mol. The first-order valence-electron chi connectivity index (χ1n) is 8.01. The Hall–Kier alpha value is -1.56. The molecule has 0 unspecified atom stereocenters. The van der Waals surface area contributed by atoms with Crippen LogP contribution in [-0.4, -0.2) is 45.1 Å². The van der Waals surface area contributed by atoms with E-state index in [-0.39, 0.29) is 18.5 Å². The van der Waals surface area contributed by atoms with E-state index in [0.717, 1.165) is 43.1 Å². The van der Waals surface area contributed by atoms with Crippen molar-refractivity contribution in [3.63, 3.8) is 0 Å². The Morgan fingerprint density at radius 1 is 1.22 bits per heavy atom. The van der Waals surface area contributed by atoms with Crippen LogP contribution >= 0.6 is 0 Å². The number of hydrogen-bond acceptors (Lipinski definition) is 3. The summed E-state index contributed by atoms with van der Waals surface area (Å²) >= 11 is 0. The summed E-state index contributed by atoms with van der Waals surface area (Å²) < 4.78 is 25.7. The molecule has 0 saturated heterocycles. The summed E-state index contributed by atoms with van der Waals surface area (Å²) in [6.07, 6.45) is 5.43. The van der Waals surface area contributed by atoms with Crippen LogP contribution < -0.4 is 4.31 Å². The SMILES string of the molecule is Cc1cccc(N(CC(=O)N(C)C2CCCC2)S(C)(=O)=O)c1C. The largest absolute Gasteiger partial charge is 0.341 e. The van der Waals surface area contributed by atoms with Crippen molar-refractivity contribution < 1.29 is 13.2 Å². The molecule has 1 aliphatic rings. The van der Waals surface area contributed by atoms with Crippen LogP contribution in [0.2, 0.25) is 0 Å². The molecule has 1 saturated carbocycles. The number of anilines is 1.